The van der Waals surface area contributed by atoms with E-state index in [1.54, 1.807) is 25.1 Å². The van der Waals surface area contributed by atoms with Gasteiger partial charge < -0.3 is 20.1 Å². The van der Waals surface area contributed by atoms with Gasteiger partial charge in [0.1, 0.15) is 11.2 Å². The van der Waals surface area contributed by atoms with Gasteiger partial charge in [-0.1, -0.05) is 6.07 Å². The molecule has 170 valence electrons. The molecule has 2 N–H and O–H groups in total. The standard InChI is InChI=1S/C23H21N3O6S/c1-4-31-18-11-15(20-24-21(27)19-12(2)13(3)33-22(19)25-20)7-10-17(18)32-23(28)14-5-8-16(9-6-14)26(29)30/h5-11,20,25H,4H2,1-3H3,(H,24,27)/t20-/m0/s1. The summed E-state index contributed by atoms with van der Waals surface area (Å²) in [5.41, 5.74) is 2.40. The monoisotopic (exact) mass is 467 g/mol. The number of fused-ring (bicyclic) bond motifs is 1. The summed E-state index contributed by atoms with van der Waals surface area (Å²) < 4.78 is 11.2. The first-order chi connectivity index (χ1) is 15.8. The van der Waals surface area contributed by atoms with Gasteiger partial charge in [0.15, 0.2) is 11.5 Å². The van der Waals surface area contributed by atoms with Crippen LogP contribution >= 0.6 is 11.3 Å². The molecule has 1 aliphatic heterocycles. The Labute approximate surface area is 193 Å². The molecular weight excluding hydrogens is 446 g/mol. The van der Waals surface area contributed by atoms with Crippen molar-refractivity contribution in [3.63, 3.8) is 0 Å². The molecule has 0 fully saturated rings. The van der Waals surface area contributed by atoms with Crippen LogP contribution in [0.5, 0.6) is 11.5 Å². The Morgan fingerprint density at radius 2 is 1.85 bits per heavy atom. The number of ether oxygens (including phenoxy) is 2. The van der Waals surface area contributed by atoms with E-state index in [0.717, 1.165) is 21.0 Å². The Morgan fingerprint density at radius 1 is 1.12 bits per heavy atom. The van der Waals surface area contributed by atoms with E-state index in [2.05, 4.69) is 10.6 Å². The number of nitro groups is 1. The number of hydrogen-bond acceptors (Lipinski definition) is 8. The second kappa shape index (κ2) is 8.91. The Bertz CT molecular complexity index is 1250. The molecule has 0 radical (unpaired) electrons. The van der Waals surface area contributed by atoms with Crippen molar-refractivity contribution in [3.05, 3.63) is 79.7 Å². The molecule has 1 atom stereocenters. The number of carbonyl (C=O) groups is 2. The predicted octanol–water partition coefficient (Wildman–Crippen LogP) is 4.75. The van der Waals surface area contributed by atoms with Crippen LogP contribution < -0.4 is 20.1 Å². The Kier molecular flexibility index (Phi) is 6.01. The van der Waals surface area contributed by atoms with Gasteiger partial charge in [-0.25, -0.2) is 4.79 Å². The molecule has 0 saturated carbocycles. The molecule has 0 spiro atoms. The number of non-ortho nitro benzene ring substituents is 1. The van der Waals surface area contributed by atoms with Gasteiger partial charge in [0, 0.05) is 17.0 Å². The van der Waals surface area contributed by atoms with Crippen molar-refractivity contribution in [2.75, 3.05) is 11.9 Å². The fourth-order valence-electron chi connectivity index (χ4n) is 3.47. The molecule has 0 bridgehead atoms. The SMILES string of the molecule is CCOc1cc([C@H]2NC(=O)c3c(sc(C)c3C)N2)ccc1OC(=O)c1ccc([N+](=O)[O-])cc1. The molecule has 4 rings (SSSR count). The van der Waals surface area contributed by atoms with Gasteiger partial charge in [0.2, 0.25) is 0 Å². The number of anilines is 1. The van der Waals surface area contributed by atoms with Crippen LogP contribution in [0.15, 0.2) is 42.5 Å². The van der Waals surface area contributed by atoms with Crippen LogP contribution in [0.1, 0.15) is 49.8 Å². The summed E-state index contributed by atoms with van der Waals surface area (Å²) in [4.78, 5) is 36.5. The molecule has 3 aromatic rings. The lowest BCUT2D eigenvalue weighted by molar-refractivity contribution is -0.384. The second-order valence-corrected chi connectivity index (χ2v) is 8.60. The third kappa shape index (κ3) is 4.37. The number of nitro benzene ring substituents is 1. The molecule has 1 aromatic heterocycles. The highest BCUT2D eigenvalue weighted by molar-refractivity contribution is 7.16. The highest BCUT2D eigenvalue weighted by Gasteiger charge is 2.29. The lowest BCUT2D eigenvalue weighted by Gasteiger charge is -2.27. The number of benzene rings is 2. The van der Waals surface area contributed by atoms with Gasteiger partial charge in [0.25, 0.3) is 11.6 Å². The first kappa shape index (κ1) is 22.3. The molecule has 2 aromatic carbocycles. The van der Waals surface area contributed by atoms with Crippen LogP contribution in [0.3, 0.4) is 0 Å². The topological polar surface area (TPSA) is 120 Å². The number of hydrogen-bond donors (Lipinski definition) is 2. The maximum Gasteiger partial charge on any atom is 0.343 e. The van der Waals surface area contributed by atoms with Crippen molar-refractivity contribution in [2.24, 2.45) is 0 Å². The zero-order valence-corrected chi connectivity index (χ0v) is 18.9. The maximum absolute atomic E-state index is 12.7. The fraction of sp³-hybridized carbons (Fsp3) is 0.217. The van der Waals surface area contributed by atoms with Crippen LogP contribution in [-0.2, 0) is 0 Å². The van der Waals surface area contributed by atoms with Crippen molar-refractivity contribution in [3.8, 4) is 11.5 Å². The first-order valence-corrected chi connectivity index (χ1v) is 11.0. The van der Waals surface area contributed by atoms with Gasteiger partial charge in [-0.05, 0) is 56.2 Å². The molecule has 1 aliphatic rings. The third-order valence-corrected chi connectivity index (χ3v) is 6.42. The minimum absolute atomic E-state index is 0.118. The largest absolute Gasteiger partial charge is 0.490 e. The van der Waals surface area contributed by atoms with E-state index < -0.39 is 17.1 Å². The minimum Gasteiger partial charge on any atom is -0.490 e. The van der Waals surface area contributed by atoms with Gasteiger partial charge in [-0.3, -0.25) is 14.9 Å². The Balaban J connectivity index is 1.57. The van der Waals surface area contributed by atoms with Gasteiger partial charge in [0.05, 0.1) is 22.7 Å². The molecule has 1 amide bonds. The summed E-state index contributed by atoms with van der Waals surface area (Å²) in [7, 11) is 0. The average molecular weight is 468 g/mol. The first-order valence-electron chi connectivity index (χ1n) is 10.2. The lowest BCUT2D eigenvalue weighted by Crippen LogP contribution is -2.38. The summed E-state index contributed by atoms with van der Waals surface area (Å²) in [6.07, 6.45) is -0.471. The van der Waals surface area contributed by atoms with Gasteiger partial charge in [-0.2, -0.15) is 0 Å². The van der Waals surface area contributed by atoms with Crippen LogP contribution in [0.25, 0.3) is 0 Å². The molecule has 10 heteroatoms. The van der Waals surface area contributed by atoms with Gasteiger partial charge >= 0.3 is 5.97 Å². The smallest absolute Gasteiger partial charge is 0.343 e. The lowest BCUT2D eigenvalue weighted by atomic mass is 10.1. The van der Waals surface area contributed by atoms with E-state index >= 15 is 0 Å². The van der Waals surface area contributed by atoms with Crippen LogP contribution in [-0.4, -0.2) is 23.4 Å². The number of nitrogens with zero attached hydrogens (tertiary/aromatic N) is 1. The number of thiophene rings is 1. The van der Waals surface area contributed by atoms with Crippen LogP contribution in [0.4, 0.5) is 10.7 Å². The second-order valence-electron chi connectivity index (χ2n) is 7.37. The summed E-state index contributed by atoms with van der Waals surface area (Å²) in [5, 5.41) is 17.9. The normalized spacial score (nSPS) is 14.6. The summed E-state index contributed by atoms with van der Waals surface area (Å²) in [6, 6.07) is 10.2. The average Bonchev–Trinajstić information content (AvgIpc) is 3.08. The number of rotatable bonds is 6. The zero-order valence-electron chi connectivity index (χ0n) is 18.1. The quantitative estimate of drug-likeness (QED) is 0.232. The molecule has 0 aliphatic carbocycles. The van der Waals surface area contributed by atoms with Crippen LogP contribution in [0, 0.1) is 24.0 Å². The van der Waals surface area contributed by atoms with E-state index in [9.17, 15) is 19.7 Å². The molecule has 33 heavy (non-hydrogen) atoms. The number of carbonyl (C=O) groups excluding carboxylic acids is 2. The predicted molar refractivity (Wildman–Crippen MR) is 123 cm³/mol. The van der Waals surface area contributed by atoms with E-state index in [4.69, 9.17) is 9.47 Å². The highest BCUT2D eigenvalue weighted by atomic mass is 32.1. The zero-order chi connectivity index (χ0) is 23.7. The number of nitrogens with one attached hydrogen (secondary N) is 2. The molecular formula is C23H21N3O6S. The van der Waals surface area contributed by atoms with E-state index in [-0.39, 0.29) is 22.9 Å². The molecule has 2 heterocycles. The third-order valence-electron chi connectivity index (χ3n) is 5.28. The summed E-state index contributed by atoms with van der Waals surface area (Å²) in [6.45, 7) is 6.04. The number of aryl methyl sites for hydroxylation is 1. The minimum atomic E-state index is -0.670. The van der Waals surface area contributed by atoms with Crippen molar-refractivity contribution in [1.82, 2.24) is 5.32 Å². The van der Waals surface area contributed by atoms with Crippen molar-refractivity contribution in [2.45, 2.75) is 26.9 Å². The summed E-state index contributed by atoms with van der Waals surface area (Å²) >= 11 is 1.53. The van der Waals surface area contributed by atoms with Gasteiger partial charge in [-0.15, -0.1) is 11.3 Å². The van der Waals surface area contributed by atoms with E-state index in [0.29, 0.717) is 17.9 Å². The number of amides is 1. The van der Waals surface area contributed by atoms with Crippen molar-refractivity contribution < 1.29 is 24.0 Å². The summed E-state index contributed by atoms with van der Waals surface area (Å²) in [5.74, 6) is -0.278. The Hall–Kier alpha value is -3.92. The fourth-order valence-corrected chi connectivity index (χ4v) is 4.56. The molecule has 9 nitrogen and oxygen atoms in total. The molecule has 0 saturated heterocycles. The number of esters is 1. The molecule has 0 unspecified atom stereocenters. The maximum atomic E-state index is 12.7. The van der Waals surface area contributed by atoms with Crippen molar-refractivity contribution in [1.29, 1.82) is 0 Å². The van der Waals surface area contributed by atoms with Crippen LogP contribution in [0.2, 0.25) is 0 Å². The Morgan fingerprint density at radius 3 is 2.52 bits per heavy atom. The van der Waals surface area contributed by atoms with Crippen molar-refractivity contribution >= 4 is 33.9 Å². The van der Waals surface area contributed by atoms with E-state index in [1.807, 2.05) is 13.8 Å². The highest BCUT2D eigenvalue weighted by Crippen LogP contribution is 2.39. The van der Waals surface area contributed by atoms with E-state index in [1.165, 1.54) is 35.6 Å².